The van der Waals surface area contributed by atoms with Crippen molar-refractivity contribution >= 4 is 11.9 Å². The molecule has 1 saturated carbocycles. The van der Waals surface area contributed by atoms with E-state index in [1.165, 1.54) is 0 Å². The van der Waals surface area contributed by atoms with E-state index in [1.54, 1.807) is 0 Å². The average molecular weight is 154 g/mol. The van der Waals surface area contributed by atoms with Gasteiger partial charge in [-0.3, -0.25) is 9.59 Å². The van der Waals surface area contributed by atoms with E-state index in [9.17, 15) is 9.59 Å². The summed E-state index contributed by atoms with van der Waals surface area (Å²) >= 11 is 0. The summed E-state index contributed by atoms with van der Waals surface area (Å²) in [7, 11) is 0. The van der Waals surface area contributed by atoms with Gasteiger partial charge in [0.2, 0.25) is 0 Å². The molecule has 1 aliphatic carbocycles. The first-order valence-electron chi connectivity index (χ1n) is 3.79. The van der Waals surface area contributed by atoms with E-state index >= 15 is 0 Å². The van der Waals surface area contributed by atoms with Gasteiger partial charge in [-0.25, -0.2) is 0 Å². The van der Waals surface area contributed by atoms with Crippen LogP contribution < -0.4 is 0 Å². The third kappa shape index (κ3) is 0.633. The van der Waals surface area contributed by atoms with E-state index in [-0.39, 0.29) is 29.2 Å². The lowest BCUT2D eigenvalue weighted by atomic mass is 9.53. The highest BCUT2D eigenvalue weighted by Crippen LogP contribution is 2.55. The lowest BCUT2D eigenvalue weighted by molar-refractivity contribution is -0.201. The summed E-state index contributed by atoms with van der Waals surface area (Å²) in [4.78, 5) is 22.0. The molecular weight excluding hydrogens is 144 g/mol. The molecule has 0 aromatic rings. The van der Waals surface area contributed by atoms with E-state index < -0.39 is 0 Å². The van der Waals surface area contributed by atoms with E-state index in [2.05, 4.69) is 4.74 Å². The molecule has 2 atom stereocenters. The normalized spacial score (nSPS) is 39.5. The van der Waals surface area contributed by atoms with Gasteiger partial charge < -0.3 is 4.74 Å². The first kappa shape index (κ1) is 6.83. The molecule has 0 aromatic carbocycles. The maximum absolute atomic E-state index is 11.0. The van der Waals surface area contributed by atoms with E-state index in [4.69, 9.17) is 0 Å². The van der Waals surface area contributed by atoms with Crippen molar-refractivity contribution in [1.29, 1.82) is 0 Å². The van der Waals surface area contributed by atoms with Crippen molar-refractivity contribution in [3.8, 4) is 0 Å². The third-order valence-electron chi connectivity index (χ3n) is 3.04. The second kappa shape index (κ2) is 1.65. The van der Waals surface area contributed by atoms with Gasteiger partial charge in [0.25, 0.3) is 0 Å². The monoisotopic (exact) mass is 154 g/mol. The van der Waals surface area contributed by atoms with Gasteiger partial charge >= 0.3 is 11.9 Å². The summed E-state index contributed by atoms with van der Waals surface area (Å²) in [6, 6.07) is 0. The Morgan fingerprint density at radius 2 is 1.73 bits per heavy atom. The Hall–Kier alpha value is -0.860. The number of carbonyl (C=O) groups is 2. The van der Waals surface area contributed by atoms with Gasteiger partial charge in [0.1, 0.15) is 0 Å². The summed E-state index contributed by atoms with van der Waals surface area (Å²) in [5.41, 5.74) is -0.146. The molecule has 2 heterocycles. The SMILES string of the molecule is CC1(C)C2CC1C(=O)OC2=O. The topological polar surface area (TPSA) is 43.4 Å². The second-order valence-corrected chi connectivity index (χ2v) is 3.90. The zero-order valence-electron chi connectivity index (χ0n) is 6.59. The van der Waals surface area contributed by atoms with Crippen LogP contribution in [0.15, 0.2) is 0 Å². The van der Waals surface area contributed by atoms with Crippen LogP contribution in [0.5, 0.6) is 0 Å². The maximum Gasteiger partial charge on any atom is 0.317 e. The molecule has 2 bridgehead atoms. The Labute approximate surface area is 64.7 Å². The van der Waals surface area contributed by atoms with Crippen molar-refractivity contribution in [3.05, 3.63) is 0 Å². The van der Waals surface area contributed by atoms with Crippen molar-refractivity contribution in [1.82, 2.24) is 0 Å². The predicted octanol–water partition coefficient (Wildman–Crippen LogP) is 0.732. The van der Waals surface area contributed by atoms with Gasteiger partial charge in [0.15, 0.2) is 0 Å². The largest absolute Gasteiger partial charge is 0.393 e. The molecule has 2 unspecified atom stereocenters. The zero-order valence-corrected chi connectivity index (χ0v) is 6.59. The third-order valence-corrected chi connectivity index (χ3v) is 3.04. The number of rotatable bonds is 0. The highest BCUT2D eigenvalue weighted by atomic mass is 16.6. The first-order valence-corrected chi connectivity index (χ1v) is 3.79. The lowest BCUT2D eigenvalue weighted by Gasteiger charge is -2.52. The Morgan fingerprint density at radius 1 is 1.27 bits per heavy atom. The highest BCUT2D eigenvalue weighted by Gasteiger charge is 2.60. The van der Waals surface area contributed by atoms with Crippen LogP contribution in [0, 0.1) is 17.3 Å². The van der Waals surface area contributed by atoms with E-state index in [0.717, 1.165) is 0 Å². The van der Waals surface area contributed by atoms with Crippen molar-refractivity contribution in [2.75, 3.05) is 0 Å². The molecule has 0 radical (unpaired) electrons. The van der Waals surface area contributed by atoms with Gasteiger partial charge in [-0.2, -0.15) is 0 Å². The Balaban J connectivity index is 2.33. The van der Waals surface area contributed by atoms with Crippen LogP contribution in [-0.2, 0) is 14.3 Å². The predicted molar refractivity (Wildman–Crippen MR) is 36.5 cm³/mol. The molecular formula is C8H10O3. The molecule has 0 spiro atoms. The van der Waals surface area contributed by atoms with Gasteiger partial charge in [-0.05, 0) is 11.8 Å². The van der Waals surface area contributed by atoms with E-state index in [1.807, 2.05) is 13.8 Å². The summed E-state index contributed by atoms with van der Waals surface area (Å²) < 4.78 is 4.51. The Morgan fingerprint density at radius 3 is 2.00 bits per heavy atom. The summed E-state index contributed by atoms with van der Waals surface area (Å²) in [5.74, 6) is -0.736. The minimum atomic E-state index is -0.331. The quantitative estimate of drug-likeness (QED) is 0.381. The van der Waals surface area contributed by atoms with Gasteiger partial charge in [-0.1, -0.05) is 13.8 Å². The molecule has 0 amide bonds. The molecule has 3 rings (SSSR count). The number of esters is 2. The number of fused-ring (bicyclic) bond motifs is 2. The molecule has 3 nitrogen and oxygen atoms in total. The first-order chi connectivity index (χ1) is 5.03. The number of hydrogen-bond donors (Lipinski definition) is 0. The molecule has 11 heavy (non-hydrogen) atoms. The van der Waals surface area contributed by atoms with Crippen molar-refractivity contribution in [2.45, 2.75) is 20.3 Å². The zero-order chi connectivity index (χ0) is 8.22. The minimum Gasteiger partial charge on any atom is -0.393 e. The molecule has 3 fully saturated rings. The Bertz CT molecular complexity index is 220. The van der Waals surface area contributed by atoms with Crippen LogP contribution in [0.2, 0.25) is 0 Å². The van der Waals surface area contributed by atoms with E-state index in [0.29, 0.717) is 6.42 Å². The van der Waals surface area contributed by atoms with Crippen molar-refractivity contribution < 1.29 is 14.3 Å². The molecule has 3 heteroatoms. The fourth-order valence-electron chi connectivity index (χ4n) is 1.97. The summed E-state index contributed by atoms with van der Waals surface area (Å²) in [6.07, 6.45) is 0.699. The van der Waals surface area contributed by atoms with Crippen LogP contribution in [-0.4, -0.2) is 11.9 Å². The fourth-order valence-corrected chi connectivity index (χ4v) is 1.97. The van der Waals surface area contributed by atoms with Gasteiger partial charge in [-0.15, -0.1) is 0 Å². The number of carbonyl (C=O) groups excluding carboxylic acids is 2. The molecule has 0 N–H and O–H groups in total. The Kier molecular flexibility index (Phi) is 1.03. The summed E-state index contributed by atoms with van der Waals surface area (Å²) in [6.45, 7) is 3.90. The van der Waals surface area contributed by atoms with Crippen LogP contribution in [0.1, 0.15) is 20.3 Å². The fraction of sp³-hybridized carbons (Fsp3) is 0.750. The van der Waals surface area contributed by atoms with Gasteiger partial charge in [0.05, 0.1) is 11.8 Å². The molecule has 2 saturated heterocycles. The number of hydrogen-bond acceptors (Lipinski definition) is 3. The van der Waals surface area contributed by atoms with Crippen molar-refractivity contribution in [3.63, 3.8) is 0 Å². The van der Waals surface area contributed by atoms with Crippen LogP contribution in [0.4, 0.5) is 0 Å². The number of ether oxygens (including phenoxy) is 1. The van der Waals surface area contributed by atoms with Crippen LogP contribution >= 0.6 is 0 Å². The molecule has 3 aliphatic rings. The smallest absolute Gasteiger partial charge is 0.317 e. The summed E-state index contributed by atoms with van der Waals surface area (Å²) in [5, 5.41) is 0. The van der Waals surface area contributed by atoms with Crippen molar-refractivity contribution in [2.24, 2.45) is 17.3 Å². The average Bonchev–Trinajstić information content (AvgIpc) is 1.84. The highest BCUT2D eigenvalue weighted by molar-refractivity contribution is 5.95. The van der Waals surface area contributed by atoms with Crippen LogP contribution in [0.25, 0.3) is 0 Å². The second-order valence-electron chi connectivity index (χ2n) is 3.90. The molecule has 2 aliphatic heterocycles. The molecule has 0 aromatic heterocycles. The van der Waals surface area contributed by atoms with Gasteiger partial charge in [0, 0.05) is 0 Å². The van der Waals surface area contributed by atoms with Crippen LogP contribution in [0.3, 0.4) is 0 Å². The standard InChI is InChI=1S/C8H10O3/c1-8(2)4-3-5(8)7(10)11-6(4)9/h4-5H,3H2,1-2H3. The molecule has 60 valence electrons. The lowest BCUT2D eigenvalue weighted by Crippen LogP contribution is -2.58. The minimum absolute atomic E-state index is 0.0369. The maximum atomic E-state index is 11.0.